The molecule has 0 heterocycles. The summed E-state index contributed by atoms with van der Waals surface area (Å²) in [6, 6.07) is 9.78. The minimum atomic E-state index is -0.500. The van der Waals surface area contributed by atoms with Crippen LogP contribution >= 0.6 is 27.5 Å². The number of benzene rings is 2. The summed E-state index contributed by atoms with van der Waals surface area (Å²) in [4.78, 5) is 0. The van der Waals surface area contributed by atoms with Crippen molar-refractivity contribution in [3.63, 3.8) is 0 Å². The van der Waals surface area contributed by atoms with E-state index < -0.39 is 6.04 Å². The Morgan fingerprint density at radius 2 is 1.94 bits per heavy atom. The highest BCUT2D eigenvalue weighted by atomic mass is 79.9. The molecule has 2 aromatic rings. The number of hydrogen-bond acceptors (Lipinski definition) is 1. The van der Waals surface area contributed by atoms with Gasteiger partial charge < -0.3 is 5.73 Å². The van der Waals surface area contributed by atoms with Crippen molar-refractivity contribution in [3.05, 3.63) is 68.4 Å². The van der Waals surface area contributed by atoms with Gasteiger partial charge >= 0.3 is 0 Å². The highest BCUT2D eigenvalue weighted by Crippen LogP contribution is 2.29. The number of nitrogens with two attached hydrogens (primary N) is 1. The van der Waals surface area contributed by atoms with Crippen LogP contribution in [0.3, 0.4) is 0 Å². The monoisotopic (exact) mass is 327 g/mol. The third kappa shape index (κ3) is 2.58. The van der Waals surface area contributed by atoms with E-state index in [4.69, 9.17) is 17.3 Å². The maximum Gasteiger partial charge on any atom is 0.129 e. The van der Waals surface area contributed by atoms with Gasteiger partial charge in [0.1, 0.15) is 5.82 Å². The average molecular weight is 329 g/mol. The van der Waals surface area contributed by atoms with Crippen molar-refractivity contribution >= 4 is 27.5 Å². The molecule has 2 rings (SSSR count). The first-order chi connectivity index (χ1) is 8.50. The van der Waals surface area contributed by atoms with Gasteiger partial charge in [-0.15, -0.1) is 0 Å². The van der Waals surface area contributed by atoms with E-state index in [1.807, 2.05) is 25.1 Å². The highest BCUT2D eigenvalue weighted by molar-refractivity contribution is 9.10. The van der Waals surface area contributed by atoms with Crippen LogP contribution in [-0.2, 0) is 0 Å². The van der Waals surface area contributed by atoms with Gasteiger partial charge in [0, 0.05) is 15.1 Å². The first-order valence-electron chi connectivity index (χ1n) is 5.46. The van der Waals surface area contributed by atoms with Gasteiger partial charge in [0.25, 0.3) is 0 Å². The van der Waals surface area contributed by atoms with Crippen molar-refractivity contribution < 1.29 is 4.39 Å². The van der Waals surface area contributed by atoms with Crippen molar-refractivity contribution in [2.24, 2.45) is 5.73 Å². The SMILES string of the molecule is Cc1c(Br)cccc1C(N)c1ccc(Cl)cc1F. The molecule has 0 saturated heterocycles. The van der Waals surface area contributed by atoms with Gasteiger partial charge in [0.15, 0.2) is 0 Å². The molecule has 18 heavy (non-hydrogen) atoms. The Balaban J connectivity index is 2.48. The van der Waals surface area contributed by atoms with Crippen molar-refractivity contribution in [1.29, 1.82) is 0 Å². The summed E-state index contributed by atoms with van der Waals surface area (Å²) in [5, 5.41) is 0.370. The summed E-state index contributed by atoms with van der Waals surface area (Å²) in [6.07, 6.45) is 0. The Bertz CT molecular complexity index is 586. The topological polar surface area (TPSA) is 26.0 Å². The summed E-state index contributed by atoms with van der Waals surface area (Å²) < 4.78 is 14.8. The van der Waals surface area contributed by atoms with E-state index >= 15 is 0 Å². The minimum Gasteiger partial charge on any atom is -0.320 e. The smallest absolute Gasteiger partial charge is 0.129 e. The molecule has 1 atom stereocenters. The van der Waals surface area contributed by atoms with Crippen molar-refractivity contribution in [2.75, 3.05) is 0 Å². The van der Waals surface area contributed by atoms with Crippen LogP contribution in [0.15, 0.2) is 40.9 Å². The van der Waals surface area contributed by atoms with Crippen LogP contribution < -0.4 is 5.73 Å². The summed E-state index contributed by atoms with van der Waals surface area (Å²) in [6.45, 7) is 1.95. The Morgan fingerprint density at radius 3 is 2.61 bits per heavy atom. The Morgan fingerprint density at radius 1 is 1.22 bits per heavy atom. The van der Waals surface area contributed by atoms with Gasteiger partial charge in [0.05, 0.1) is 6.04 Å². The number of rotatable bonds is 2. The molecule has 0 saturated carbocycles. The van der Waals surface area contributed by atoms with Gasteiger partial charge in [-0.1, -0.05) is 45.7 Å². The molecule has 0 spiro atoms. The fourth-order valence-electron chi connectivity index (χ4n) is 1.88. The standard InChI is InChI=1S/C14H12BrClFN/c1-8-10(3-2-4-12(8)15)14(18)11-6-5-9(16)7-13(11)17/h2-7,14H,18H2,1H3. The van der Waals surface area contributed by atoms with Crippen LogP contribution in [-0.4, -0.2) is 0 Å². The maximum atomic E-state index is 13.8. The zero-order valence-corrected chi connectivity index (χ0v) is 12.1. The molecule has 1 nitrogen and oxygen atoms in total. The van der Waals surface area contributed by atoms with Crippen LogP contribution in [0, 0.1) is 12.7 Å². The molecule has 0 bridgehead atoms. The van der Waals surface area contributed by atoms with Crippen molar-refractivity contribution in [3.8, 4) is 0 Å². The first kappa shape index (κ1) is 13.5. The molecule has 94 valence electrons. The molecule has 0 fully saturated rings. The molecule has 2 aromatic carbocycles. The zero-order valence-electron chi connectivity index (χ0n) is 9.75. The lowest BCUT2D eigenvalue weighted by atomic mass is 9.95. The van der Waals surface area contributed by atoms with E-state index in [0.717, 1.165) is 15.6 Å². The predicted octanol–water partition coefficient (Wildman–Crippen LogP) is 4.60. The summed E-state index contributed by atoms with van der Waals surface area (Å²) in [7, 11) is 0. The van der Waals surface area contributed by atoms with Crippen LogP contribution in [0.4, 0.5) is 4.39 Å². The van der Waals surface area contributed by atoms with Crippen LogP contribution in [0.1, 0.15) is 22.7 Å². The molecule has 0 amide bonds. The van der Waals surface area contributed by atoms with Crippen molar-refractivity contribution in [2.45, 2.75) is 13.0 Å². The van der Waals surface area contributed by atoms with Gasteiger partial charge in [-0.3, -0.25) is 0 Å². The lowest BCUT2D eigenvalue weighted by molar-refractivity contribution is 0.599. The van der Waals surface area contributed by atoms with Gasteiger partial charge in [0.2, 0.25) is 0 Å². The average Bonchev–Trinajstić information content (AvgIpc) is 2.32. The second kappa shape index (κ2) is 5.39. The van der Waals surface area contributed by atoms with Crippen LogP contribution in [0.25, 0.3) is 0 Å². The lowest BCUT2D eigenvalue weighted by Crippen LogP contribution is -2.15. The van der Waals surface area contributed by atoms with E-state index in [1.54, 1.807) is 12.1 Å². The fraction of sp³-hybridized carbons (Fsp3) is 0.143. The normalized spacial score (nSPS) is 12.5. The molecule has 0 aromatic heterocycles. The van der Waals surface area contributed by atoms with E-state index in [1.165, 1.54) is 6.07 Å². The Labute approximate surface area is 119 Å². The Kier molecular flexibility index (Phi) is 4.05. The summed E-state index contributed by atoms with van der Waals surface area (Å²) in [5.74, 6) is -0.380. The van der Waals surface area contributed by atoms with E-state index in [2.05, 4.69) is 15.9 Å². The van der Waals surface area contributed by atoms with E-state index in [0.29, 0.717) is 10.6 Å². The fourth-order valence-corrected chi connectivity index (χ4v) is 2.42. The van der Waals surface area contributed by atoms with Gasteiger partial charge in [-0.05, 0) is 36.2 Å². The van der Waals surface area contributed by atoms with Crippen LogP contribution in [0.5, 0.6) is 0 Å². The molecular weight excluding hydrogens is 317 g/mol. The summed E-state index contributed by atoms with van der Waals surface area (Å²) in [5.41, 5.74) is 8.49. The molecule has 0 radical (unpaired) electrons. The minimum absolute atomic E-state index is 0.370. The quantitative estimate of drug-likeness (QED) is 0.856. The van der Waals surface area contributed by atoms with E-state index in [9.17, 15) is 4.39 Å². The molecule has 2 N–H and O–H groups in total. The summed E-state index contributed by atoms with van der Waals surface area (Å²) >= 11 is 9.18. The third-order valence-electron chi connectivity index (χ3n) is 2.94. The zero-order chi connectivity index (χ0) is 13.3. The highest BCUT2D eigenvalue weighted by Gasteiger charge is 2.16. The lowest BCUT2D eigenvalue weighted by Gasteiger charge is -2.17. The molecule has 4 heteroatoms. The maximum absolute atomic E-state index is 13.8. The van der Waals surface area contributed by atoms with Crippen molar-refractivity contribution in [1.82, 2.24) is 0 Å². The Hall–Kier alpha value is -0.900. The molecule has 0 aliphatic heterocycles. The number of halogens is 3. The largest absolute Gasteiger partial charge is 0.320 e. The third-order valence-corrected chi connectivity index (χ3v) is 4.04. The second-order valence-electron chi connectivity index (χ2n) is 4.10. The first-order valence-corrected chi connectivity index (χ1v) is 6.63. The van der Waals surface area contributed by atoms with Crippen LogP contribution in [0.2, 0.25) is 5.02 Å². The predicted molar refractivity (Wildman–Crippen MR) is 76.3 cm³/mol. The van der Waals surface area contributed by atoms with Gasteiger partial charge in [-0.25, -0.2) is 4.39 Å². The molecule has 0 aliphatic carbocycles. The second-order valence-corrected chi connectivity index (χ2v) is 5.39. The van der Waals surface area contributed by atoms with E-state index in [-0.39, 0.29) is 5.82 Å². The molecule has 0 aliphatic rings. The molecule has 1 unspecified atom stereocenters. The van der Waals surface area contributed by atoms with Gasteiger partial charge in [-0.2, -0.15) is 0 Å². The number of hydrogen-bond donors (Lipinski definition) is 1. The molecular formula is C14H12BrClFN.